The minimum Gasteiger partial charge on any atom is -0.103 e. The van der Waals surface area contributed by atoms with Crippen LogP contribution in [0.1, 0.15) is 239 Å². The highest BCUT2D eigenvalue weighted by Gasteiger charge is 2.02. The smallest absolute Gasteiger partial charge is 0.0236 e. The Labute approximate surface area is 256 Å². The summed E-state index contributed by atoms with van der Waals surface area (Å²) >= 11 is 0. The van der Waals surface area contributed by atoms with Crippen molar-refractivity contribution in [2.75, 3.05) is 0 Å². The van der Waals surface area contributed by atoms with Gasteiger partial charge in [-0.1, -0.05) is 232 Å². The molecule has 0 saturated carbocycles. The van der Waals surface area contributed by atoms with Crippen LogP contribution in [0.15, 0.2) is 12.7 Å². The normalized spacial score (nSPS) is 12.2. The highest BCUT2D eigenvalue weighted by Crippen LogP contribution is 2.19. The number of allylic oxidation sites excluding steroid dienone is 1. The van der Waals surface area contributed by atoms with Gasteiger partial charge in [-0.3, -0.25) is 0 Å². The Bertz CT molecular complexity index is 437. The molecule has 0 N–H and O–H groups in total. The average Bonchev–Trinajstić information content (AvgIpc) is 2.97. The molecule has 0 amide bonds. The first-order valence-corrected chi connectivity index (χ1v) is 19.5. The molecule has 0 spiro atoms. The molecule has 0 heteroatoms. The van der Waals surface area contributed by atoms with E-state index >= 15 is 0 Å². The molecule has 0 aliphatic rings. The van der Waals surface area contributed by atoms with Crippen LogP contribution in [0.25, 0.3) is 0 Å². The fourth-order valence-electron chi connectivity index (χ4n) is 6.53. The minimum atomic E-state index is 0.776. The second-order valence-corrected chi connectivity index (χ2v) is 13.5. The van der Waals surface area contributed by atoms with Crippen LogP contribution in [0.2, 0.25) is 0 Å². The van der Waals surface area contributed by atoms with Crippen molar-refractivity contribution in [3.8, 4) is 0 Å². The van der Waals surface area contributed by atoms with E-state index in [-0.39, 0.29) is 0 Å². The van der Waals surface area contributed by atoms with Crippen LogP contribution in [0.4, 0.5) is 0 Å². The van der Waals surface area contributed by atoms with Crippen molar-refractivity contribution < 1.29 is 0 Å². The molecule has 240 valence electrons. The van der Waals surface area contributed by atoms with Gasteiger partial charge in [0.25, 0.3) is 0 Å². The standard InChI is InChI=1S/C40H80/c1-4-7-8-9-10-11-12-13-14-15-16-17-18-19-20-21-22-23-24-25-26-27-28-29-30-31-32-33-34-35-36-37-39-40(6-3)38-5-2/h6,40H,3-5,7-39H2,1-2H3. The summed E-state index contributed by atoms with van der Waals surface area (Å²) in [4.78, 5) is 0. The van der Waals surface area contributed by atoms with E-state index < -0.39 is 0 Å². The topological polar surface area (TPSA) is 0 Å². The van der Waals surface area contributed by atoms with E-state index in [0.29, 0.717) is 0 Å². The van der Waals surface area contributed by atoms with Gasteiger partial charge < -0.3 is 0 Å². The molecule has 0 aliphatic heterocycles. The van der Waals surface area contributed by atoms with Crippen LogP contribution < -0.4 is 0 Å². The first-order valence-electron chi connectivity index (χ1n) is 19.5. The Morgan fingerprint density at radius 3 is 0.725 bits per heavy atom. The zero-order valence-electron chi connectivity index (χ0n) is 28.6. The van der Waals surface area contributed by atoms with Gasteiger partial charge in [0, 0.05) is 0 Å². The zero-order valence-corrected chi connectivity index (χ0v) is 28.6. The Balaban J connectivity index is 3.07. The molecule has 0 saturated heterocycles. The lowest BCUT2D eigenvalue weighted by atomic mass is 9.96. The molecule has 0 heterocycles. The maximum atomic E-state index is 4.00. The third kappa shape index (κ3) is 33.9. The van der Waals surface area contributed by atoms with E-state index in [4.69, 9.17) is 0 Å². The fourth-order valence-corrected chi connectivity index (χ4v) is 6.53. The van der Waals surface area contributed by atoms with Crippen molar-refractivity contribution in [2.45, 2.75) is 239 Å². The number of unbranched alkanes of at least 4 members (excludes halogenated alkanes) is 31. The van der Waals surface area contributed by atoms with E-state index in [1.165, 1.54) is 225 Å². The molecule has 0 aromatic rings. The molecule has 0 aromatic carbocycles. The molecule has 0 aromatic heterocycles. The molecule has 0 nitrogen and oxygen atoms in total. The lowest BCUT2D eigenvalue weighted by Gasteiger charge is -2.10. The van der Waals surface area contributed by atoms with Gasteiger partial charge in [0.15, 0.2) is 0 Å². The summed E-state index contributed by atoms with van der Waals surface area (Å²) in [6.45, 7) is 8.60. The van der Waals surface area contributed by atoms with E-state index in [1.807, 2.05) is 0 Å². The van der Waals surface area contributed by atoms with E-state index in [9.17, 15) is 0 Å². The van der Waals surface area contributed by atoms with Crippen LogP contribution in [-0.4, -0.2) is 0 Å². The molecular weight excluding hydrogens is 480 g/mol. The number of hydrogen-bond acceptors (Lipinski definition) is 0. The van der Waals surface area contributed by atoms with Crippen molar-refractivity contribution in [1.29, 1.82) is 0 Å². The second kappa shape index (κ2) is 36.8. The summed E-state index contributed by atoms with van der Waals surface area (Å²) in [5, 5.41) is 0. The molecule has 0 bridgehead atoms. The van der Waals surface area contributed by atoms with Gasteiger partial charge in [-0.15, -0.1) is 6.58 Å². The maximum Gasteiger partial charge on any atom is -0.0236 e. The molecule has 40 heavy (non-hydrogen) atoms. The molecule has 1 unspecified atom stereocenters. The summed E-state index contributed by atoms with van der Waals surface area (Å²) < 4.78 is 0. The first kappa shape index (κ1) is 39.7. The highest BCUT2D eigenvalue weighted by molar-refractivity contribution is 4.78. The third-order valence-corrected chi connectivity index (χ3v) is 9.42. The van der Waals surface area contributed by atoms with E-state index in [2.05, 4.69) is 26.5 Å². The molecule has 0 radical (unpaired) electrons. The van der Waals surface area contributed by atoms with Gasteiger partial charge in [-0.25, -0.2) is 0 Å². The quantitative estimate of drug-likeness (QED) is 0.0528. The van der Waals surface area contributed by atoms with E-state index in [0.717, 1.165) is 5.92 Å². The SMILES string of the molecule is C=CC(CCC)CCCCCCCCCCCCCCCCCCCCCCCCCCCCCCCCCC. The van der Waals surface area contributed by atoms with E-state index in [1.54, 1.807) is 0 Å². The Kier molecular flexibility index (Phi) is 36.5. The molecule has 0 fully saturated rings. The van der Waals surface area contributed by atoms with Crippen molar-refractivity contribution in [2.24, 2.45) is 5.92 Å². The summed E-state index contributed by atoms with van der Waals surface area (Å²) in [6.07, 6.45) is 53.5. The number of hydrogen-bond donors (Lipinski definition) is 0. The predicted molar refractivity (Wildman–Crippen MR) is 187 cm³/mol. The first-order chi connectivity index (χ1) is 19.8. The van der Waals surface area contributed by atoms with Gasteiger partial charge in [-0.2, -0.15) is 0 Å². The maximum absolute atomic E-state index is 4.00. The van der Waals surface area contributed by atoms with Gasteiger partial charge in [0.2, 0.25) is 0 Å². The summed E-state index contributed by atoms with van der Waals surface area (Å²) in [7, 11) is 0. The number of rotatable bonds is 36. The molecule has 0 rings (SSSR count). The summed E-state index contributed by atoms with van der Waals surface area (Å²) in [6, 6.07) is 0. The Morgan fingerprint density at radius 2 is 0.525 bits per heavy atom. The predicted octanol–water partition coefficient (Wildman–Crippen LogP) is 15.5. The van der Waals surface area contributed by atoms with Crippen molar-refractivity contribution >= 4 is 0 Å². The van der Waals surface area contributed by atoms with Gasteiger partial charge >= 0.3 is 0 Å². The summed E-state index contributed by atoms with van der Waals surface area (Å²) in [5.74, 6) is 0.776. The van der Waals surface area contributed by atoms with Gasteiger partial charge in [0.05, 0.1) is 0 Å². The van der Waals surface area contributed by atoms with Crippen molar-refractivity contribution in [1.82, 2.24) is 0 Å². The summed E-state index contributed by atoms with van der Waals surface area (Å²) in [5.41, 5.74) is 0. The second-order valence-electron chi connectivity index (χ2n) is 13.5. The molecular formula is C40H80. The fraction of sp³-hybridized carbons (Fsp3) is 0.950. The van der Waals surface area contributed by atoms with Crippen LogP contribution in [0.3, 0.4) is 0 Å². The Morgan fingerprint density at radius 1 is 0.300 bits per heavy atom. The third-order valence-electron chi connectivity index (χ3n) is 9.42. The van der Waals surface area contributed by atoms with Crippen LogP contribution >= 0.6 is 0 Å². The zero-order chi connectivity index (χ0) is 29.0. The van der Waals surface area contributed by atoms with Crippen molar-refractivity contribution in [3.05, 3.63) is 12.7 Å². The monoisotopic (exact) mass is 561 g/mol. The lowest BCUT2D eigenvalue weighted by Crippen LogP contribution is -1.95. The van der Waals surface area contributed by atoms with Crippen LogP contribution in [-0.2, 0) is 0 Å². The minimum absolute atomic E-state index is 0.776. The van der Waals surface area contributed by atoms with Gasteiger partial charge in [0.1, 0.15) is 0 Å². The average molecular weight is 561 g/mol. The van der Waals surface area contributed by atoms with Crippen LogP contribution in [0.5, 0.6) is 0 Å². The van der Waals surface area contributed by atoms with Gasteiger partial charge in [-0.05, 0) is 18.8 Å². The molecule has 1 atom stereocenters. The largest absolute Gasteiger partial charge is 0.103 e. The molecule has 0 aliphatic carbocycles. The lowest BCUT2D eigenvalue weighted by molar-refractivity contribution is 0.484. The van der Waals surface area contributed by atoms with Crippen molar-refractivity contribution in [3.63, 3.8) is 0 Å². The van der Waals surface area contributed by atoms with Crippen LogP contribution in [0, 0.1) is 5.92 Å². The highest BCUT2D eigenvalue weighted by atomic mass is 14.1. The Hall–Kier alpha value is -0.260.